The smallest absolute Gasteiger partial charge is 0.166 e. The molecule has 0 aliphatic rings. The second kappa shape index (κ2) is 6.78. The predicted octanol–water partition coefficient (Wildman–Crippen LogP) is 2.40. The number of rotatable bonds is 4. The van der Waals surface area contributed by atoms with Gasteiger partial charge in [0, 0.05) is 17.7 Å². The van der Waals surface area contributed by atoms with Crippen LogP contribution in [0.1, 0.15) is 24.4 Å². The van der Waals surface area contributed by atoms with E-state index in [9.17, 15) is 17.6 Å². The highest BCUT2D eigenvalue weighted by molar-refractivity contribution is 5.85. The minimum atomic E-state index is -1.45. The third-order valence-corrected chi connectivity index (χ3v) is 2.24. The van der Waals surface area contributed by atoms with Crippen molar-refractivity contribution in [2.75, 3.05) is 6.54 Å². The molecule has 0 spiro atoms. The van der Waals surface area contributed by atoms with Crippen LogP contribution in [0.3, 0.4) is 0 Å². The van der Waals surface area contributed by atoms with Crippen molar-refractivity contribution >= 4 is 12.4 Å². The van der Waals surface area contributed by atoms with Crippen LogP contribution in [0, 0.1) is 23.3 Å². The molecule has 2 nitrogen and oxygen atoms in total. The Morgan fingerprint density at radius 3 is 1.94 bits per heavy atom. The number of benzene rings is 1. The summed E-state index contributed by atoms with van der Waals surface area (Å²) in [4.78, 5) is 0. The van der Waals surface area contributed by atoms with Crippen LogP contribution in [0.5, 0.6) is 0 Å². The summed E-state index contributed by atoms with van der Waals surface area (Å²) in [7, 11) is 0. The predicted molar refractivity (Wildman–Crippen MR) is 58.7 cm³/mol. The molecule has 0 aliphatic heterocycles. The van der Waals surface area contributed by atoms with Gasteiger partial charge in [0.2, 0.25) is 0 Å². The third kappa shape index (κ3) is 3.55. The highest BCUT2D eigenvalue weighted by Gasteiger charge is 2.23. The van der Waals surface area contributed by atoms with Gasteiger partial charge in [-0.05, 0) is 19.4 Å². The molecule has 0 fully saturated rings. The van der Waals surface area contributed by atoms with Crippen molar-refractivity contribution in [1.29, 1.82) is 0 Å². The summed E-state index contributed by atoms with van der Waals surface area (Å²) < 4.78 is 52.1. The summed E-state index contributed by atoms with van der Waals surface area (Å²) in [5, 5.41) is 0. The van der Waals surface area contributed by atoms with Crippen molar-refractivity contribution in [2.24, 2.45) is 11.5 Å². The van der Waals surface area contributed by atoms with Crippen molar-refractivity contribution in [3.05, 3.63) is 34.9 Å². The Balaban J connectivity index is 0.00000256. The SMILES string of the molecule is Cl.NCCC[C@H](N)c1c(F)c(F)cc(F)c1F. The maximum Gasteiger partial charge on any atom is 0.166 e. The molecule has 0 aromatic heterocycles. The Morgan fingerprint density at radius 1 is 1.06 bits per heavy atom. The summed E-state index contributed by atoms with van der Waals surface area (Å²) in [6, 6.07) is -0.946. The van der Waals surface area contributed by atoms with Crippen molar-refractivity contribution in [3.8, 4) is 0 Å². The molecule has 1 aromatic rings. The largest absolute Gasteiger partial charge is 0.330 e. The van der Waals surface area contributed by atoms with Crippen LogP contribution in [0.4, 0.5) is 17.6 Å². The first-order valence-electron chi connectivity index (χ1n) is 4.77. The lowest BCUT2D eigenvalue weighted by atomic mass is 10.0. The molecule has 0 heterocycles. The molecule has 1 rings (SSSR count). The van der Waals surface area contributed by atoms with Gasteiger partial charge in [0.25, 0.3) is 0 Å². The zero-order chi connectivity index (χ0) is 12.3. The number of hydrogen-bond donors (Lipinski definition) is 2. The lowest BCUT2D eigenvalue weighted by molar-refractivity contribution is 0.421. The van der Waals surface area contributed by atoms with E-state index in [1.807, 2.05) is 0 Å². The van der Waals surface area contributed by atoms with Crippen molar-refractivity contribution in [1.82, 2.24) is 0 Å². The molecule has 98 valence electrons. The van der Waals surface area contributed by atoms with E-state index in [0.29, 0.717) is 6.42 Å². The van der Waals surface area contributed by atoms with Gasteiger partial charge >= 0.3 is 0 Å². The second-order valence-corrected chi connectivity index (χ2v) is 3.42. The molecule has 0 bridgehead atoms. The lowest BCUT2D eigenvalue weighted by Gasteiger charge is -2.14. The molecule has 0 saturated heterocycles. The van der Waals surface area contributed by atoms with Crippen LogP contribution < -0.4 is 11.5 Å². The van der Waals surface area contributed by atoms with E-state index in [1.165, 1.54) is 0 Å². The van der Waals surface area contributed by atoms with E-state index >= 15 is 0 Å². The summed E-state index contributed by atoms with van der Waals surface area (Å²) in [5.74, 6) is -5.78. The Labute approximate surface area is 102 Å². The first-order chi connectivity index (χ1) is 7.49. The molecule has 0 aliphatic carbocycles. The monoisotopic (exact) mass is 272 g/mol. The number of nitrogens with two attached hydrogens (primary N) is 2. The van der Waals surface area contributed by atoms with Crippen molar-refractivity contribution < 1.29 is 17.6 Å². The molecule has 0 radical (unpaired) electrons. The zero-order valence-electron chi connectivity index (χ0n) is 8.85. The van der Waals surface area contributed by atoms with Crippen LogP contribution in [-0.2, 0) is 0 Å². The Hall–Kier alpha value is -0.850. The maximum atomic E-state index is 13.2. The van der Waals surface area contributed by atoms with Crippen molar-refractivity contribution in [3.63, 3.8) is 0 Å². The molecule has 0 unspecified atom stereocenters. The normalized spacial score (nSPS) is 12.1. The van der Waals surface area contributed by atoms with Gasteiger partial charge in [-0.15, -0.1) is 12.4 Å². The van der Waals surface area contributed by atoms with E-state index < -0.39 is 34.9 Å². The highest BCUT2D eigenvalue weighted by Crippen LogP contribution is 2.26. The fourth-order valence-electron chi connectivity index (χ4n) is 1.40. The van der Waals surface area contributed by atoms with E-state index in [2.05, 4.69) is 0 Å². The maximum absolute atomic E-state index is 13.2. The van der Waals surface area contributed by atoms with Crippen molar-refractivity contribution in [2.45, 2.75) is 18.9 Å². The molecule has 17 heavy (non-hydrogen) atoms. The first kappa shape index (κ1) is 16.1. The van der Waals surface area contributed by atoms with Gasteiger partial charge < -0.3 is 11.5 Å². The summed E-state index contributed by atoms with van der Waals surface area (Å²) in [5.41, 5.74) is 9.89. The Morgan fingerprint density at radius 2 is 1.53 bits per heavy atom. The minimum Gasteiger partial charge on any atom is -0.330 e. The van der Waals surface area contributed by atoms with E-state index in [0.717, 1.165) is 0 Å². The number of hydrogen-bond acceptors (Lipinski definition) is 2. The second-order valence-electron chi connectivity index (χ2n) is 3.42. The molecule has 1 aromatic carbocycles. The standard InChI is InChI=1S/C10H12F4N2.ClH/c11-5-4-6(12)10(14)8(9(5)13)7(16)2-1-3-15;/h4,7H,1-3,15-16H2;1H/t7-;/m0./s1. The van der Waals surface area contributed by atoms with Gasteiger partial charge in [-0.2, -0.15) is 0 Å². The number of halogens is 5. The minimum absolute atomic E-state index is 0. The van der Waals surface area contributed by atoms with Gasteiger partial charge in [-0.3, -0.25) is 0 Å². The lowest BCUT2D eigenvalue weighted by Crippen LogP contribution is -2.17. The molecule has 1 atom stereocenters. The van der Waals surface area contributed by atoms with E-state index in [4.69, 9.17) is 11.5 Å². The molecular formula is C10H13ClF4N2. The van der Waals surface area contributed by atoms with Gasteiger partial charge in [0.05, 0.1) is 0 Å². The molecule has 4 N–H and O–H groups in total. The van der Waals surface area contributed by atoms with Crippen LogP contribution in [-0.4, -0.2) is 6.54 Å². The van der Waals surface area contributed by atoms with E-state index in [1.54, 1.807) is 0 Å². The zero-order valence-corrected chi connectivity index (χ0v) is 9.67. The fourth-order valence-corrected chi connectivity index (χ4v) is 1.40. The molecule has 0 amide bonds. The average Bonchev–Trinajstić information content (AvgIpc) is 2.24. The topological polar surface area (TPSA) is 52.0 Å². The molecule has 0 saturated carbocycles. The molecular weight excluding hydrogens is 260 g/mol. The average molecular weight is 273 g/mol. The van der Waals surface area contributed by atoms with Crippen LogP contribution in [0.2, 0.25) is 0 Å². The van der Waals surface area contributed by atoms with Crippen LogP contribution in [0.25, 0.3) is 0 Å². The quantitative estimate of drug-likeness (QED) is 0.653. The molecule has 7 heteroatoms. The summed E-state index contributed by atoms with van der Waals surface area (Å²) in [6.45, 7) is 0.286. The van der Waals surface area contributed by atoms with Gasteiger partial charge in [-0.25, -0.2) is 17.6 Å². The van der Waals surface area contributed by atoms with E-state index in [-0.39, 0.29) is 31.4 Å². The Bertz CT molecular complexity index is 361. The first-order valence-corrected chi connectivity index (χ1v) is 4.77. The Kier molecular flexibility index (Phi) is 6.44. The highest BCUT2D eigenvalue weighted by atomic mass is 35.5. The van der Waals surface area contributed by atoms with Crippen LogP contribution in [0.15, 0.2) is 6.07 Å². The van der Waals surface area contributed by atoms with Gasteiger partial charge in [-0.1, -0.05) is 0 Å². The van der Waals surface area contributed by atoms with Crippen LogP contribution >= 0.6 is 12.4 Å². The summed E-state index contributed by atoms with van der Waals surface area (Å²) in [6.07, 6.45) is 0.575. The summed E-state index contributed by atoms with van der Waals surface area (Å²) >= 11 is 0. The fraction of sp³-hybridized carbons (Fsp3) is 0.400. The third-order valence-electron chi connectivity index (χ3n) is 2.24. The van der Waals surface area contributed by atoms with Gasteiger partial charge in [0.15, 0.2) is 23.3 Å². The van der Waals surface area contributed by atoms with Gasteiger partial charge in [0.1, 0.15) is 0 Å².